The number of sulfonamides is 1. The Morgan fingerprint density at radius 1 is 1.05 bits per heavy atom. The van der Waals surface area contributed by atoms with Gasteiger partial charge in [0.1, 0.15) is 5.82 Å². The second-order valence-corrected chi connectivity index (χ2v) is 12.8. The van der Waals surface area contributed by atoms with Crippen LogP contribution in [0.2, 0.25) is 0 Å². The van der Waals surface area contributed by atoms with E-state index >= 15 is 0 Å². The Morgan fingerprint density at radius 3 is 2.34 bits per heavy atom. The number of carbonyl (C=O) groups excluding carboxylic acids is 1. The molecule has 202 valence electrons. The molecule has 0 aromatic heterocycles. The van der Waals surface area contributed by atoms with Crippen LogP contribution in [0.1, 0.15) is 37.8 Å². The minimum atomic E-state index is -3.62. The normalized spacial score (nSPS) is 15.0. The highest BCUT2D eigenvalue weighted by atomic mass is 79.9. The molecule has 0 radical (unpaired) electrons. The van der Waals surface area contributed by atoms with E-state index in [0.717, 1.165) is 23.7 Å². The first-order valence-electron chi connectivity index (χ1n) is 12.8. The molecule has 1 saturated heterocycles. The third-order valence-corrected chi connectivity index (χ3v) is 9.32. The van der Waals surface area contributed by atoms with Gasteiger partial charge in [0.05, 0.1) is 11.4 Å². The lowest BCUT2D eigenvalue weighted by Crippen LogP contribution is -2.39. The fraction of sp³-hybridized carbons (Fsp3) is 0.345. The van der Waals surface area contributed by atoms with Gasteiger partial charge < -0.3 is 10.2 Å². The molecule has 4 rings (SSSR count). The number of rotatable bonds is 8. The van der Waals surface area contributed by atoms with E-state index in [2.05, 4.69) is 33.4 Å². The Bertz CT molecular complexity index is 1340. The number of carbonyl (C=O) groups is 1. The van der Waals surface area contributed by atoms with Crippen molar-refractivity contribution in [2.75, 3.05) is 18.4 Å². The van der Waals surface area contributed by atoms with Gasteiger partial charge in [-0.3, -0.25) is 0 Å². The van der Waals surface area contributed by atoms with Gasteiger partial charge in [0, 0.05) is 34.9 Å². The number of piperidine rings is 1. The molecule has 0 saturated carbocycles. The average Bonchev–Trinajstić information content (AvgIpc) is 2.90. The van der Waals surface area contributed by atoms with Crippen LogP contribution in [-0.2, 0) is 23.0 Å². The summed E-state index contributed by atoms with van der Waals surface area (Å²) in [6.07, 6.45) is 2.61. The Kier molecular flexibility index (Phi) is 9.23. The molecule has 1 aliphatic rings. The molecule has 6 nitrogen and oxygen atoms in total. The minimum Gasteiger partial charge on any atom is -0.318 e. The highest BCUT2D eigenvalue weighted by molar-refractivity contribution is 9.10. The van der Waals surface area contributed by atoms with Gasteiger partial charge in [0.15, 0.2) is 0 Å². The van der Waals surface area contributed by atoms with Gasteiger partial charge in [-0.15, -0.1) is 0 Å². The zero-order valence-corrected chi connectivity index (χ0v) is 24.0. The second kappa shape index (κ2) is 12.4. The van der Waals surface area contributed by atoms with Crippen molar-refractivity contribution in [1.82, 2.24) is 9.21 Å². The molecule has 1 aliphatic heterocycles. The molecular weight excluding hydrogens is 569 g/mol. The van der Waals surface area contributed by atoms with Crippen molar-refractivity contribution >= 4 is 37.7 Å². The summed E-state index contributed by atoms with van der Waals surface area (Å²) in [7, 11) is -3.62. The van der Waals surface area contributed by atoms with E-state index in [-0.39, 0.29) is 23.3 Å². The zero-order valence-electron chi connectivity index (χ0n) is 21.6. The van der Waals surface area contributed by atoms with E-state index < -0.39 is 16.1 Å². The maximum Gasteiger partial charge on any atom is 0.322 e. The molecule has 38 heavy (non-hydrogen) atoms. The van der Waals surface area contributed by atoms with Crippen LogP contribution in [0.4, 0.5) is 14.9 Å². The van der Waals surface area contributed by atoms with Crippen molar-refractivity contribution < 1.29 is 17.6 Å². The lowest BCUT2D eigenvalue weighted by atomic mass is 9.91. The summed E-state index contributed by atoms with van der Waals surface area (Å²) in [5.41, 5.74) is 2.15. The summed E-state index contributed by atoms with van der Waals surface area (Å²) >= 11 is 3.34. The quantitative estimate of drug-likeness (QED) is 0.313. The molecule has 1 N–H and O–H groups in total. The first-order chi connectivity index (χ1) is 18.1. The van der Waals surface area contributed by atoms with E-state index in [0.29, 0.717) is 30.3 Å². The molecule has 0 unspecified atom stereocenters. The van der Waals surface area contributed by atoms with Gasteiger partial charge in [-0.1, -0.05) is 46.3 Å². The van der Waals surface area contributed by atoms with Crippen LogP contribution in [0, 0.1) is 11.7 Å². The standard InChI is InChI=1S/C29H33BrFN3O3S/c1-21(2)34(20-24-19-25(30)8-13-28(24)31)29(35)32-26-9-11-27(12-10-26)38(36,37)33-16-14-23(15-17-33)18-22-6-4-3-5-7-22/h3-13,19,21,23H,14-18,20H2,1-2H3,(H,32,35). The van der Waals surface area contributed by atoms with Crippen LogP contribution in [0.15, 0.2) is 82.2 Å². The Balaban J connectivity index is 1.37. The summed E-state index contributed by atoms with van der Waals surface area (Å²) in [4.78, 5) is 14.7. The summed E-state index contributed by atoms with van der Waals surface area (Å²) < 4.78 is 43.0. The Labute approximate surface area is 233 Å². The largest absolute Gasteiger partial charge is 0.322 e. The van der Waals surface area contributed by atoms with Crippen molar-refractivity contribution in [1.29, 1.82) is 0 Å². The van der Waals surface area contributed by atoms with Gasteiger partial charge >= 0.3 is 6.03 Å². The Hall–Kier alpha value is -2.75. The number of nitrogens with one attached hydrogen (secondary N) is 1. The molecule has 1 fully saturated rings. The van der Waals surface area contributed by atoms with Crippen LogP contribution < -0.4 is 5.32 Å². The van der Waals surface area contributed by atoms with E-state index in [4.69, 9.17) is 0 Å². The number of nitrogens with zero attached hydrogens (tertiary/aromatic N) is 2. The number of hydrogen-bond acceptors (Lipinski definition) is 3. The van der Waals surface area contributed by atoms with Crippen molar-refractivity contribution in [3.63, 3.8) is 0 Å². The minimum absolute atomic E-state index is 0.0987. The predicted molar refractivity (Wildman–Crippen MR) is 152 cm³/mol. The molecule has 1 heterocycles. The van der Waals surface area contributed by atoms with Gasteiger partial charge in [-0.2, -0.15) is 4.31 Å². The smallest absolute Gasteiger partial charge is 0.318 e. The number of urea groups is 1. The van der Waals surface area contributed by atoms with Crippen molar-refractivity contribution in [3.05, 3.63) is 94.2 Å². The second-order valence-electron chi connectivity index (χ2n) is 9.95. The maximum atomic E-state index is 14.3. The van der Waals surface area contributed by atoms with Gasteiger partial charge in [0.2, 0.25) is 10.0 Å². The summed E-state index contributed by atoms with van der Waals surface area (Å²) in [6, 6.07) is 20.6. The van der Waals surface area contributed by atoms with E-state index in [1.54, 1.807) is 28.6 Å². The van der Waals surface area contributed by atoms with Crippen LogP contribution in [-0.4, -0.2) is 42.8 Å². The Morgan fingerprint density at radius 2 is 1.71 bits per heavy atom. The summed E-state index contributed by atoms with van der Waals surface area (Å²) in [5.74, 6) is 0.0844. The van der Waals surface area contributed by atoms with Crippen LogP contribution >= 0.6 is 15.9 Å². The number of anilines is 1. The zero-order chi connectivity index (χ0) is 27.3. The lowest BCUT2D eigenvalue weighted by molar-refractivity contribution is 0.193. The summed E-state index contributed by atoms with van der Waals surface area (Å²) in [5, 5.41) is 2.81. The van der Waals surface area contributed by atoms with Crippen molar-refractivity contribution in [2.45, 2.75) is 50.6 Å². The van der Waals surface area contributed by atoms with Gasteiger partial charge in [0.25, 0.3) is 0 Å². The molecule has 0 spiro atoms. The van der Waals surface area contributed by atoms with Crippen molar-refractivity contribution in [2.24, 2.45) is 5.92 Å². The lowest BCUT2D eigenvalue weighted by Gasteiger charge is -2.31. The van der Waals surface area contributed by atoms with Gasteiger partial charge in [-0.25, -0.2) is 17.6 Å². The molecule has 0 atom stereocenters. The molecule has 2 amide bonds. The SMILES string of the molecule is CC(C)N(Cc1cc(Br)ccc1F)C(=O)Nc1ccc(S(=O)(=O)N2CCC(Cc3ccccc3)CC2)cc1. The number of halogens is 2. The number of benzene rings is 3. The fourth-order valence-electron chi connectivity index (χ4n) is 4.69. The summed E-state index contributed by atoms with van der Waals surface area (Å²) in [6.45, 7) is 4.80. The highest BCUT2D eigenvalue weighted by Crippen LogP contribution is 2.27. The number of amides is 2. The van der Waals surface area contributed by atoms with E-state index in [1.165, 1.54) is 28.7 Å². The van der Waals surface area contributed by atoms with E-state index in [1.807, 2.05) is 32.0 Å². The number of hydrogen-bond donors (Lipinski definition) is 1. The average molecular weight is 603 g/mol. The van der Waals surface area contributed by atoms with Crippen LogP contribution in [0.3, 0.4) is 0 Å². The highest BCUT2D eigenvalue weighted by Gasteiger charge is 2.29. The predicted octanol–water partition coefficient (Wildman–Crippen LogP) is 6.67. The molecule has 3 aromatic rings. The first-order valence-corrected chi connectivity index (χ1v) is 15.0. The molecule has 9 heteroatoms. The van der Waals surface area contributed by atoms with E-state index in [9.17, 15) is 17.6 Å². The first kappa shape index (κ1) is 28.3. The molecule has 0 aliphatic carbocycles. The topological polar surface area (TPSA) is 69.7 Å². The molecular formula is C29H33BrFN3O3S. The monoisotopic (exact) mass is 601 g/mol. The van der Waals surface area contributed by atoms with Crippen molar-refractivity contribution in [3.8, 4) is 0 Å². The fourth-order valence-corrected chi connectivity index (χ4v) is 6.57. The molecule has 0 bridgehead atoms. The van der Waals surface area contributed by atoms with Crippen LogP contribution in [0.5, 0.6) is 0 Å². The van der Waals surface area contributed by atoms with Gasteiger partial charge in [-0.05, 0) is 87.1 Å². The van der Waals surface area contributed by atoms with Crippen LogP contribution in [0.25, 0.3) is 0 Å². The maximum absolute atomic E-state index is 14.3. The molecule has 3 aromatic carbocycles. The third kappa shape index (κ3) is 7.01. The third-order valence-electron chi connectivity index (χ3n) is 6.92.